The number of hydrogen-bond donors (Lipinski definition) is 1. The van der Waals surface area contributed by atoms with E-state index in [0.29, 0.717) is 16.4 Å². The monoisotopic (exact) mass is 433 g/mol. The van der Waals surface area contributed by atoms with Crippen molar-refractivity contribution in [3.8, 4) is 11.4 Å². The topological polar surface area (TPSA) is 118 Å². The number of carbonyl (C=O) groups excluding carboxylic acids is 1. The highest BCUT2D eigenvalue weighted by Crippen LogP contribution is 2.24. The fourth-order valence-electron chi connectivity index (χ4n) is 3.06. The van der Waals surface area contributed by atoms with Crippen LogP contribution in [-0.4, -0.2) is 52.9 Å². The van der Waals surface area contributed by atoms with E-state index in [2.05, 4.69) is 20.4 Å². The molecule has 9 nitrogen and oxygen atoms in total. The molecule has 3 heterocycles. The third kappa shape index (κ3) is 4.00. The molecule has 1 N–H and O–H groups in total. The largest absolute Gasteiger partial charge is 0.353 e. The van der Waals surface area contributed by atoms with Crippen LogP contribution >= 0.6 is 11.6 Å². The van der Waals surface area contributed by atoms with Crippen molar-refractivity contribution in [1.82, 2.24) is 24.7 Å². The van der Waals surface area contributed by atoms with Crippen molar-refractivity contribution < 1.29 is 17.7 Å². The molecule has 1 aliphatic heterocycles. The quantitative estimate of drug-likeness (QED) is 0.647. The van der Waals surface area contributed by atoms with Gasteiger partial charge in [-0.1, -0.05) is 22.8 Å². The van der Waals surface area contributed by atoms with Crippen LogP contribution in [0.5, 0.6) is 0 Å². The Labute approximate surface area is 171 Å². The second-order valence-electron chi connectivity index (χ2n) is 6.33. The molecule has 0 radical (unpaired) electrons. The minimum absolute atomic E-state index is 0.0210. The van der Waals surface area contributed by atoms with E-state index in [1.54, 1.807) is 36.7 Å². The van der Waals surface area contributed by atoms with Crippen LogP contribution < -0.4 is 5.32 Å². The van der Waals surface area contributed by atoms with Gasteiger partial charge < -0.3 is 9.84 Å². The Balaban J connectivity index is 1.62. The van der Waals surface area contributed by atoms with Gasteiger partial charge in [0, 0.05) is 36.1 Å². The van der Waals surface area contributed by atoms with Gasteiger partial charge in [-0.3, -0.25) is 9.78 Å². The molecule has 3 aromatic rings. The highest BCUT2D eigenvalue weighted by Gasteiger charge is 2.39. The molecule has 11 heteroatoms. The Morgan fingerprint density at radius 3 is 2.79 bits per heavy atom. The van der Waals surface area contributed by atoms with Gasteiger partial charge in [0.1, 0.15) is 6.04 Å². The van der Waals surface area contributed by atoms with Crippen molar-refractivity contribution >= 4 is 27.5 Å². The molecule has 29 heavy (non-hydrogen) atoms. The fourth-order valence-corrected chi connectivity index (χ4v) is 4.95. The molecular weight excluding hydrogens is 418 g/mol. The predicted molar refractivity (Wildman–Crippen MR) is 103 cm³/mol. The summed E-state index contributed by atoms with van der Waals surface area (Å²) in [5, 5.41) is 6.88. The lowest BCUT2D eigenvalue weighted by atomic mass is 10.1. The molecule has 2 aromatic heterocycles. The number of nitrogens with one attached hydrogen (secondary N) is 1. The molecule has 150 valence electrons. The normalized spacial score (nSPS) is 17.8. The zero-order valence-electron chi connectivity index (χ0n) is 15.0. The number of rotatable bonds is 5. The Morgan fingerprint density at radius 1 is 1.24 bits per heavy atom. The van der Waals surface area contributed by atoms with Crippen LogP contribution in [0.3, 0.4) is 0 Å². The first-order valence-electron chi connectivity index (χ1n) is 8.73. The minimum atomic E-state index is -3.94. The summed E-state index contributed by atoms with van der Waals surface area (Å²) in [5.41, 5.74) is 0.700. The van der Waals surface area contributed by atoms with E-state index in [0.717, 1.165) is 4.31 Å². The second-order valence-corrected chi connectivity index (χ2v) is 8.66. The van der Waals surface area contributed by atoms with Gasteiger partial charge in [-0.05, 0) is 30.3 Å². The summed E-state index contributed by atoms with van der Waals surface area (Å²) in [6.07, 6.45) is 3.14. The summed E-state index contributed by atoms with van der Waals surface area (Å²) in [4.78, 5) is 20.7. The number of hydrogen-bond acceptors (Lipinski definition) is 7. The molecule has 0 spiro atoms. The third-order valence-corrected chi connectivity index (χ3v) is 6.60. The smallest absolute Gasteiger partial charge is 0.243 e. The predicted octanol–water partition coefficient (Wildman–Crippen LogP) is 1.52. The van der Waals surface area contributed by atoms with Crippen LogP contribution in [0.25, 0.3) is 11.4 Å². The fraction of sp³-hybridized carbons (Fsp3) is 0.222. The third-order valence-electron chi connectivity index (χ3n) is 4.46. The minimum Gasteiger partial charge on any atom is -0.353 e. The number of sulfonamides is 1. The van der Waals surface area contributed by atoms with Crippen molar-refractivity contribution in [2.24, 2.45) is 0 Å². The van der Waals surface area contributed by atoms with Crippen LogP contribution in [0.15, 0.2) is 58.2 Å². The Bertz CT molecular complexity index is 1140. The average Bonchev–Trinajstić information content (AvgIpc) is 3.19. The maximum Gasteiger partial charge on any atom is 0.243 e. The average molecular weight is 434 g/mol. The summed E-state index contributed by atoms with van der Waals surface area (Å²) in [5.74, 6) is 0.0681. The lowest BCUT2D eigenvalue weighted by Gasteiger charge is -2.33. The molecule has 0 bridgehead atoms. The van der Waals surface area contributed by atoms with Gasteiger partial charge in [-0.2, -0.15) is 9.29 Å². The summed E-state index contributed by atoms with van der Waals surface area (Å²) in [6, 6.07) is 8.36. The lowest BCUT2D eigenvalue weighted by Crippen LogP contribution is -2.57. The molecule has 1 fully saturated rings. The molecule has 1 aromatic carbocycles. The molecular formula is C18H16ClN5O4S. The number of piperazine rings is 1. The highest BCUT2D eigenvalue weighted by atomic mass is 35.5. The highest BCUT2D eigenvalue weighted by molar-refractivity contribution is 7.89. The first-order chi connectivity index (χ1) is 13.9. The van der Waals surface area contributed by atoms with E-state index in [1.807, 2.05) is 0 Å². The number of amides is 1. The van der Waals surface area contributed by atoms with E-state index < -0.39 is 22.0 Å². The van der Waals surface area contributed by atoms with E-state index in [1.165, 1.54) is 12.1 Å². The Hall–Kier alpha value is -2.82. The Morgan fingerprint density at radius 2 is 2.03 bits per heavy atom. The van der Waals surface area contributed by atoms with Crippen molar-refractivity contribution in [3.05, 3.63) is 59.7 Å². The van der Waals surface area contributed by atoms with Gasteiger partial charge in [0.2, 0.25) is 27.6 Å². The van der Waals surface area contributed by atoms with Crippen LogP contribution in [0.4, 0.5) is 0 Å². The van der Waals surface area contributed by atoms with Crippen molar-refractivity contribution in [2.45, 2.75) is 17.4 Å². The van der Waals surface area contributed by atoms with Crippen LogP contribution in [0.2, 0.25) is 5.02 Å². The number of nitrogens with zero attached hydrogens (tertiary/aromatic N) is 4. The first kappa shape index (κ1) is 19.5. The van der Waals surface area contributed by atoms with Crippen molar-refractivity contribution in [2.75, 3.05) is 13.1 Å². The van der Waals surface area contributed by atoms with Gasteiger partial charge in [-0.25, -0.2) is 8.42 Å². The zero-order chi connectivity index (χ0) is 20.4. The van der Waals surface area contributed by atoms with Gasteiger partial charge in [0.15, 0.2) is 0 Å². The first-order valence-corrected chi connectivity index (χ1v) is 10.5. The molecule has 1 amide bonds. The molecule has 0 aliphatic carbocycles. The van der Waals surface area contributed by atoms with Crippen molar-refractivity contribution in [1.29, 1.82) is 0 Å². The van der Waals surface area contributed by atoms with E-state index >= 15 is 0 Å². The molecule has 0 saturated carbocycles. The number of pyridine rings is 1. The number of carbonyl (C=O) groups is 1. The zero-order valence-corrected chi connectivity index (χ0v) is 16.6. The van der Waals surface area contributed by atoms with Crippen molar-refractivity contribution in [3.63, 3.8) is 0 Å². The second kappa shape index (κ2) is 7.90. The number of aromatic nitrogens is 3. The lowest BCUT2D eigenvalue weighted by molar-refractivity contribution is -0.126. The maximum absolute atomic E-state index is 13.1. The van der Waals surface area contributed by atoms with Crippen LogP contribution in [0.1, 0.15) is 5.89 Å². The number of benzene rings is 1. The van der Waals surface area contributed by atoms with E-state index in [4.69, 9.17) is 16.1 Å². The van der Waals surface area contributed by atoms with Gasteiger partial charge >= 0.3 is 0 Å². The van der Waals surface area contributed by atoms with Gasteiger partial charge in [-0.15, -0.1) is 0 Å². The molecule has 1 aliphatic rings. The van der Waals surface area contributed by atoms with Crippen LogP contribution in [-0.2, 0) is 21.2 Å². The molecule has 4 rings (SSSR count). The summed E-state index contributed by atoms with van der Waals surface area (Å²) >= 11 is 5.95. The van der Waals surface area contributed by atoms with Crippen LogP contribution in [0, 0.1) is 0 Å². The molecule has 1 atom stereocenters. The number of halogens is 1. The standard InChI is InChI=1S/C18H16ClN5O4S/c19-13-2-1-3-14(10-13)29(26,27)24-9-8-21-18(25)15(24)11-16-22-17(23-28-16)12-4-6-20-7-5-12/h1-7,10,15H,8-9,11H2,(H,21,25). The maximum atomic E-state index is 13.1. The molecule has 1 unspecified atom stereocenters. The Kier molecular flexibility index (Phi) is 5.31. The van der Waals surface area contributed by atoms with Gasteiger partial charge in [0.05, 0.1) is 11.3 Å². The summed E-state index contributed by atoms with van der Waals surface area (Å²) in [7, 11) is -3.94. The summed E-state index contributed by atoms with van der Waals surface area (Å²) in [6.45, 7) is 0.331. The van der Waals surface area contributed by atoms with E-state index in [9.17, 15) is 13.2 Å². The van der Waals surface area contributed by atoms with Gasteiger partial charge in [0.25, 0.3) is 0 Å². The van der Waals surface area contributed by atoms with E-state index in [-0.39, 0.29) is 30.3 Å². The summed E-state index contributed by atoms with van der Waals surface area (Å²) < 4.78 is 32.7. The molecule has 1 saturated heterocycles. The SMILES string of the molecule is O=C1NCCN(S(=O)(=O)c2cccc(Cl)c2)C1Cc1nc(-c2ccncc2)no1.